The number of amides is 1. The third-order valence-corrected chi connectivity index (χ3v) is 4.12. The Hall–Kier alpha value is -1.07. The van der Waals surface area contributed by atoms with Gasteiger partial charge in [0.05, 0.1) is 7.11 Å². The van der Waals surface area contributed by atoms with Crippen LogP contribution in [0.3, 0.4) is 0 Å². The Morgan fingerprint density at radius 3 is 2.75 bits per heavy atom. The summed E-state index contributed by atoms with van der Waals surface area (Å²) >= 11 is 3.51. The monoisotopic (exact) mass is 340 g/mol. The van der Waals surface area contributed by atoms with Crippen molar-refractivity contribution >= 4 is 21.8 Å². The molecule has 4 nitrogen and oxygen atoms in total. The lowest BCUT2D eigenvalue weighted by Gasteiger charge is -2.32. The summed E-state index contributed by atoms with van der Waals surface area (Å²) in [6, 6.07) is 6.42. The van der Waals surface area contributed by atoms with Crippen LogP contribution in [0.5, 0.6) is 5.75 Å². The molecule has 1 N–H and O–H groups in total. The third-order valence-electron chi connectivity index (χ3n) is 3.63. The van der Waals surface area contributed by atoms with Crippen LogP contribution in [0, 0.1) is 0 Å². The SMILES string of the molecule is COc1ccc(Br)cc1CN1CCC(NC(C)=O)CC1. The van der Waals surface area contributed by atoms with Crippen molar-refractivity contribution in [3.8, 4) is 5.75 Å². The summed E-state index contributed by atoms with van der Waals surface area (Å²) in [4.78, 5) is 13.5. The number of carbonyl (C=O) groups is 1. The van der Waals surface area contributed by atoms with E-state index in [0.717, 1.165) is 42.7 Å². The Morgan fingerprint density at radius 2 is 2.15 bits per heavy atom. The number of rotatable bonds is 4. The van der Waals surface area contributed by atoms with Crippen LogP contribution >= 0.6 is 15.9 Å². The van der Waals surface area contributed by atoms with E-state index < -0.39 is 0 Å². The molecule has 20 heavy (non-hydrogen) atoms. The lowest BCUT2D eigenvalue weighted by atomic mass is 10.0. The zero-order valence-electron chi connectivity index (χ0n) is 12.0. The molecule has 0 aromatic heterocycles. The third kappa shape index (κ3) is 4.21. The van der Waals surface area contributed by atoms with Crippen molar-refractivity contribution in [3.63, 3.8) is 0 Å². The van der Waals surface area contributed by atoms with Gasteiger partial charge in [-0.25, -0.2) is 0 Å². The van der Waals surface area contributed by atoms with Crippen LogP contribution in [0.15, 0.2) is 22.7 Å². The van der Waals surface area contributed by atoms with Crippen LogP contribution in [-0.2, 0) is 11.3 Å². The smallest absolute Gasteiger partial charge is 0.217 e. The van der Waals surface area contributed by atoms with Gasteiger partial charge in [0, 0.05) is 42.6 Å². The molecule has 1 aromatic rings. The van der Waals surface area contributed by atoms with Crippen molar-refractivity contribution in [1.82, 2.24) is 10.2 Å². The first kappa shape index (κ1) is 15.3. The Labute approximate surface area is 128 Å². The minimum atomic E-state index is 0.0668. The summed E-state index contributed by atoms with van der Waals surface area (Å²) in [6.07, 6.45) is 2.02. The Bertz CT molecular complexity index is 471. The van der Waals surface area contributed by atoms with E-state index in [-0.39, 0.29) is 5.91 Å². The largest absolute Gasteiger partial charge is 0.496 e. The van der Waals surface area contributed by atoms with Crippen LogP contribution in [0.25, 0.3) is 0 Å². The average Bonchev–Trinajstić information content (AvgIpc) is 2.41. The number of nitrogens with one attached hydrogen (secondary N) is 1. The van der Waals surface area contributed by atoms with Gasteiger partial charge in [-0.15, -0.1) is 0 Å². The first-order valence-electron chi connectivity index (χ1n) is 6.90. The van der Waals surface area contributed by atoms with Crippen LogP contribution < -0.4 is 10.1 Å². The zero-order chi connectivity index (χ0) is 14.5. The van der Waals surface area contributed by atoms with Gasteiger partial charge in [-0.3, -0.25) is 9.69 Å². The average molecular weight is 341 g/mol. The molecule has 0 atom stereocenters. The number of likely N-dealkylation sites (tertiary alicyclic amines) is 1. The fraction of sp³-hybridized carbons (Fsp3) is 0.533. The van der Waals surface area contributed by atoms with Crippen LogP contribution in [0.2, 0.25) is 0 Å². The Kier molecular flexibility index (Phi) is 5.43. The maximum Gasteiger partial charge on any atom is 0.217 e. The first-order chi connectivity index (χ1) is 9.58. The second kappa shape index (κ2) is 7.09. The molecule has 110 valence electrons. The van der Waals surface area contributed by atoms with E-state index in [4.69, 9.17) is 4.74 Å². The van der Waals surface area contributed by atoms with E-state index in [1.54, 1.807) is 14.0 Å². The number of hydrogen-bond acceptors (Lipinski definition) is 3. The molecule has 0 unspecified atom stereocenters. The van der Waals surface area contributed by atoms with Gasteiger partial charge in [-0.05, 0) is 31.0 Å². The van der Waals surface area contributed by atoms with E-state index in [1.165, 1.54) is 5.56 Å². The van der Waals surface area contributed by atoms with Crippen LogP contribution in [0.4, 0.5) is 0 Å². The van der Waals surface area contributed by atoms with Gasteiger partial charge in [-0.1, -0.05) is 15.9 Å². The number of halogens is 1. The molecule has 1 amide bonds. The highest BCUT2D eigenvalue weighted by atomic mass is 79.9. The number of hydrogen-bond donors (Lipinski definition) is 1. The summed E-state index contributed by atoms with van der Waals surface area (Å²) in [5, 5.41) is 3.00. The Morgan fingerprint density at radius 1 is 1.45 bits per heavy atom. The fourth-order valence-electron chi connectivity index (χ4n) is 2.63. The summed E-state index contributed by atoms with van der Waals surface area (Å²) in [6.45, 7) is 4.47. The lowest BCUT2D eigenvalue weighted by molar-refractivity contribution is -0.119. The van der Waals surface area contributed by atoms with Crippen molar-refractivity contribution in [2.45, 2.75) is 32.4 Å². The minimum absolute atomic E-state index is 0.0668. The molecule has 1 aliphatic heterocycles. The normalized spacial score (nSPS) is 16.9. The molecule has 1 aliphatic rings. The second-order valence-electron chi connectivity index (χ2n) is 5.21. The molecular weight excluding hydrogens is 320 g/mol. The summed E-state index contributed by atoms with van der Waals surface area (Å²) in [5.41, 5.74) is 1.19. The van der Waals surface area contributed by atoms with E-state index >= 15 is 0 Å². The molecule has 1 saturated heterocycles. The molecule has 1 heterocycles. The standard InChI is InChI=1S/C15H21BrN2O2/c1-11(19)17-14-5-7-18(8-6-14)10-12-9-13(16)3-4-15(12)20-2/h3-4,9,14H,5-8,10H2,1-2H3,(H,17,19). The number of carbonyl (C=O) groups excluding carboxylic acids is 1. The highest BCUT2D eigenvalue weighted by molar-refractivity contribution is 9.10. The molecule has 0 aliphatic carbocycles. The number of benzene rings is 1. The molecule has 0 saturated carbocycles. The highest BCUT2D eigenvalue weighted by Crippen LogP contribution is 2.25. The maximum absolute atomic E-state index is 11.1. The molecule has 5 heteroatoms. The number of piperidine rings is 1. The lowest BCUT2D eigenvalue weighted by Crippen LogP contribution is -2.43. The molecule has 1 fully saturated rings. The van der Waals surface area contributed by atoms with Crippen molar-refractivity contribution in [3.05, 3.63) is 28.2 Å². The summed E-state index contributed by atoms with van der Waals surface area (Å²) in [5.74, 6) is 0.995. The van der Waals surface area contributed by atoms with Gasteiger partial charge in [-0.2, -0.15) is 0 Å². The van der Waals surface area contributed by atoms with Crippen LogP contribution in [-0.4, -0.2) is 37.0 Å². The topological polar surface area (TPSA) is 41.6 Å². The fourth-order valence-corrected chi connectivity index (χ4v) is 3.04. The van der Waals surface area contributed by atoms with E-state index in [1.807, 2.05) is 12.1 Å². The van der Waals surface area contributed by atoms with Gasteiger partial charge in [0.2, 0.25) is 5.91 Å². The summed E-state index contributed by atoms with van der Waals surface area (Å²) < 4.78 is 6.48. The van der Waals surface area contributed by atoms with E-state index in [0.29, 0.717) is 6.04 Å². The number of nitrogens with zero attached hydrogens (tertiary/aromatic N) is 1. The van der Waals surface area contributed by atoms with Gasteiger partial charge in [0.1, 0.15) is 5.75 Å². The molecule has 0 bridgehead atoms. The zero-order valence-corrected chi connectivity index (χ0v) is 13.6. The Balaban J connectivity index is 1.92. The molecule has 0 spiro atoms. The quantitative estimate of drug-likeness (QED) is 0.915. The van der Waals surface area contributed by atoms with Crippen molar-refractivity contribution in [1.29, 1.82) is 0 Å². The first-order valence-corrected chi connectivity index (χ1v) is 7.69. The van der Waals surface area contributed by atoms with Gasteiger partial charge in [0.15, 0.2) is 0 Å². The molecular formula is C15H21BrN2O2. The molecule has 1 aromatic carbocycles. The minimum Gasteiger partial charge on any atom is -0.496 e. The van der Waals surface area contributed by atoms with Crippen molar-refractivity contribution < 1.29 is 9.53 Å². The maximum atomic E-state index is 11.1. The number of methoxy groups -OCH3 is 1. The second-order valence-corrected chi connectivity index (χ2v) is 6.12. The summed E-state index contributed by atoms with van der Waals surface area (Å²) in [7, 11) is 1.70. The molecule has 0 radical (unpaired) electrons. The van der Waals surface area contributed by atoms with Crippen molar-refractivity contribution in [2.24, 2.45) is 0 Å². The van der Waals surface area contributed by atoms with Gasteiger partial charge >= 0.3 is 0 Å². The number of ether oxygens (including phenoxy) is 1. The van der Waals surface area contributed by atoms with E-state index in [2.05, 4.69) is 32.2 Å². The van der Waals surface area contributed by atoms with Crippen molar-refractivity contribution in [2.75, 3.05) is 20.2 Å². The molecule has 2 rings (SSSR count). The van der Waals surface area contributed by atoms with E-state index in [9.17, 15) is 4.79 Å². The van der Waals surface area contributed by atoms with Gasteiger partial charge < -0.3 is 10.1 Å². The predicted octanol–water partition coefficient (Wildman–Crippen LogP) is 2.56. The predicted molar refractivity (Wildman–Crippen MR) is 82.8 cm³/mol. The van der Waals surface area contributed by atoms with Crippen LogP contribution in [0.1, 0.15) is 25.3 Å². The highest BCUT2D eigenvalue weighted by Gasteiger charge is 2.20. The van der Waals surface area contributed by atoms with Gasteiger partial charge in [0.25, 0.3) is 0 Å².